The number of carbonyl (C=O) groups excluding carboxylic acids is 1. The molecule has 5 heteroatoms. The standard InChI is InChI=1S/C12H12O5/c1-16-9-5-3-2-4-7(9)11-8(12(14)15)6-10(13)17-11/h2-5,8,11H,6H2,1H3,(H,14,15)/t8-,11+/m1/s1. The van der Waals surface area contributed by atoms with Crippen LogP contribution in [-0.2, 0) is 14.3 Å². The Hall–Kier alpha value is -2.04. The van der Waals surface area contributed by atoms with E-state index >= 15 is 0 Å². The Labute approximate surface area is 98.0 Å². The highest BCUT2D eigenvalue weighted by Gasteiger charge is 2.42. The molecule has 0 unspecified atom stereocenters. The normalized spacial score (nSPS) is 23.2. The van der Waals surface area contributed by atoms with Gasteiger partial charge in [-0.05, 0) is 6.07 Å². The maximum atomic E-state index is 11.2. The Morgan fingerprint density at radius 1 is 1.47 bits per heavy atom. The van der Waals surface area contributed by atoms with Crippen molar-refractivity contribution in [1.82, 2.24) is 0 Å². The number of methoxy groups -OCH3 is 1. The van der Waals surface area contributed by atoms with Gasteiger partial charge in [0.25, 0.3) is 0 Å². The van der Waals surface area contributed by atoms with Crippen molar-refractivity contribution < 1.29 is 24.2 Å². The average molecular weight is 236 g/mol. The number of carbonyl (C=O) groups is 2. The molecule has 2 rings (SSSR count). The summed E-state index contributed by atoms with van der Waals surface area (Å²) >= 11 is 0. The highest BCUT2D eigenvalue weighted by molar-refractivity contribution is 5.83. The first-order valence-electron chi connectivity index (χ1n) is 5.18. The molecule has 0 amide bonds. The van der Waals surface area contributed by atoms with Gasteiger partial charge >= 0.3 is 11.9 Å². The molecule has 0 saturated carbocycles. The topological polar surface area (TPSA) is 72.8 Å². The van der Waals surface area contributed by atoms with Crippen LogP contribution in [0.15, 0.2) is 24.3 Å². The SMILES string of the molecule is COc1ccccc1[C@@H]1OC(=O)C[C@H]1C(=O)O. The van der Waals surface area contributed by atoms with Gasteiger partial charge in [-0.25, -0.2) is 0 Å². The maximum absolute atomic E-state index is 11.2. The van der Waals surface area contributed by atoms with E-state index in [4.69, 9.17) is 14.6 Å². The Morgan fingerprint density at radius 3 is 2.82 bits per heavy atom. The number of hydrogen-bond acceptors (Lipinski definition) is 4. The van der Waals surface area contributed by atoms with Crippen LogP contribution in [0.4, 0.5) is 0 Å². The van der Waals surface area contributed by atoms with Gasteiger partial charge in [0, 0.05) is 5.56 Å². The van der Waals surface area contributed by atoms with Crippen molar-refractivity contribution in [1.29, 1.82) is 0 Å². The van der Waals surface area contributed by atoms with Gasteiger partial charge in [-0.3, -0.25) is 9.59 Å². The summed E-state index contributed by atoms with van der Waals surface area (Å²) in [6.07, 6.45) is -0.867. The number of carboxylic acid groups (broad SMARTS) is 1. The second kappa shape index (κ2) is 4.45. The smallest absolute Gasteiger partial charge is 0.311 e. The summed E-state index contributed by atoms with van der Waals surface area (Å²) in [5, 5.41) is 9.05. The fourth-order valence-electron chi connectivity index (χ4n) is 1.96. The van der Waals surface area contributed by atoms with Gasteiger partial charge in [-0.15, -0.1) is 0 Å². The van der Waals surface area contributed by atoms with Gasteiger partial charge in [0.05, 0.1) is 13.5 Å². The monoisotopic (exact) mass is 236 g/mol. The summed E-state index contributed by atoms with van der Waals surface area (Å²) in [6, 6.07) is 6.94. The molecule has 5 nitrogen and oxygen atoms in total. The third-order valence-corrected chi connectivity index (χ3v) is 2.77. The van der Waals surface area contributed by atoms with Crippen LogP contribution in [-0.4, -0.2) is 24.2 Å². The van der Waals surface area contributed by atoms with Crippen molar-refractivity contribution in [2.45, 2.75) is 12.5 Å². The number of aliphatic carboxylic acids is 1. The predicted octanol–water partition coefficient (Wildman–Crippen LogP) is 1.38. The largest absolute Gasteiger partial charge is 0.496 e. The van der Waals surface area contributed by atoms with Crippen molar-refractivity contribution in [2.24, 2.45) is 5.92 Å². The Morgan fingerprint density at radius 2 is 2.18 bits per heavy atom. The summed E-state index contributed by atoms with van der Waals surface area (Å²) in [6.45, 7) is 0. The first-order chi connectivity index (χ1) is 8.13. The fourth-order valence-corrected chi connectivity index (χ4v) is 1.96. The highest BCUT2D eigenvalue weighted by Crippen LogP contribution is 2.39. The van der Waals surface area contributed by atoms with E-state index in [1.54, 1.807) is 24.3 Å². The van der Waals surface area contributed by atoms with Crippen molar-refractivity contribution in [3.05, 3.63) is 29.8 Å². The first kappa shape index (κ1) is 11.4. The van der Waals surface area contributed by atoms with Crippen molar-refractivity contribution in [3.8, 4) is 5.75 Å². The minimum Gasteiger partial charge on any atom is -0.496 e. The number of ether oxygens (including phenoxy) is 2. The van der Waals surface area contributed by atoms with Crippen LogP contribution in [0.3, 0.4) is 0 Å². The van der Waals surface area contributed by atoms with Crippen LogP contribution in [0.1, 0.15) is 18.1 Å². The Bertz CT molecular complexity index is 454. The van der Waals surface area contributed by atoms with E-state index in [9.17, 15) is 9.59 Å². The number of rotatable bonds is 3. The number of para-hydroxylation sites is 1. The molecule has 2 atom stereocenters. The molecule has 1 heterocycles. The minimum atomic E-state index is -1.04. The number of esters is 1. The number of hydrogen-bond donors (Lipinski definition) is 1. The summed E-state index contributed by atoms with van der Waals surface area (Å²) in [5.41, 5.74) is 0.591. The third-order valence-electron chi connectivity index (χ3n) is 2.77. The molecule has 0 spiro atoms. The maximum Gasteiger partial charge on any atom is 0.311 e. The van der Waals surface area contributed by atoms with Gasteiger partial charge in [-0.1, -0.05) is 18.2 Å². The Balaban J connectivity index is 2.38. The molecule has 0 aromatic heterocycles. The van der Waals surface area contributed by atoms with Crippen LogP contribution in [0.5, 0.6) is 5.75 Å². The van der Waals surface area contributed by atoms with Crippen LogP contribution >= 0.6 is 0 Å². The van der Waals surface area contributed by atoms with Crippen LogP contribution < -0.4 is 4.74 Å². The van der Waals surface area contributed by atoms with Crippen molar-refractivity contribution in [3.63, 3.8) is 0 Å². The molecule has 1 aliphatic rings. The molecule has 0 aliphatic carbocycles. The second-order valence-corrected chi connectivity index (χ2v) is 3.80. The number of benzene rings is 1. The third kappa shape index (κ3) is 2.08. The highest BCUT2D eigenvalue weighted by atomic mass is 16.6. The molecule has 90 valence electrons. The number of cyclic esters (lactones) is 1. The van der Waals surface area contributed by atoms with Crippen LogP contribution in [0.25, 0.3) is 0 Å². The van der Waals surface area contributed by atoms with E-state index in [1.807, 2.05) is 0 Å². The molecule has 17 heavy (non-hydrogen) atoms. The zero-order chi connectivity index (χ0) is 12.4. The molecule has 1 aliphatic heterocycles. The van der Waals surface area contributed by atoms with Crippen LogP contribution in [0, 0.1) is 5.92 Å². The van der Waals surface area contributed by atoms with Crippen molar-refractivity contribution >= 4 is 11.9 Å². The molecule has 1 aromatic rings. The summed E-state index contributed by atoms with van der Waals surface area (Å²) in [5.74, 6) is -1.85. The lowest BCUT2D eigenvalue weighted by molar-refractivity contribution is -0.144. The molecule has 1 aromatic carbocycles. The minimum absolute atomic E-state index is 0.0992. The molecular formula is C12H12O5. The fraction of sp³-hybridized carbons (Fsp3) is 0.333. The van der Waals surface area contributed by atoms with E-state index in [0.29, 0.717) is 11.3 Å². The lowest BCUT2D eigenvalue weighted by atomic mass is 9.95. The predicted molar refractivity (Wildman–Crippen MR) is 57.6 cm³/mol. The first-order valence-corrected chi connectivity index (χ1v) is 5.18. The van der Waals surface area contributed by atoms with Crippen molar-refractivity contribution in [2.75, 3.05) is 7.11 Å². The molecule has 1 fully saturated rings. The summed E-state index contributed by atoms with van der Waals surface area (Å²) in [4.78, 5) is 22.3. The quantitative estimate of drug-likeness (QED) is 0.803. The molecule has 1 N–H and O–H groups in total. The van der Waals surface area contributed by atoms with Gasteiger partial charge in [0.2, 0.25) is 0 Å². The van der Waals surface area contributed by atoms with E-state index in [-0.39, 0.29) is 6.42 Å². The Kier molecular flexibility index (Phi) is 2.99. The second-order valence-electron chi connectivity index (χ2n) is 3.80. The average Bonchev–Trinajstić information content (AvgIpc) is 2.71. The summed E-state index contributed by atoms with van der Waals surface area (Å²) < 4.78 is 10.2. The molecule has 0 bridgehead atoms. The number of carboxylic acids is 1. The van der Waals surface area contributed by atoms with Gasteiger partial charge in [0.1, 0.15) is 17.8 Å². The van der Waals surface area contributed by atoms with E-state index in [2.05, 4.69) is 0 Å². The molecule has 0 radical (unpaired) electrons. The van der Waals surface area contributed by atoms with E-state index in [0.717, 1.165) is 0 Å². The van der Waals surface area contributed by atoms with Crippen LogP contribution in [0.2, 0.25) is 0 Å². The van der Waals surface area contributed by atoms with Gasteiger partial charge < -0.3 is 14.6 Å². The van der Waals surface area contributed by atoms with Gasteiger partial charge in [-0.2, -0.15) is 0 Å². The van der Waals surface area contributed by atoms with E-state index < -0.39 is 24.0 Å². The zero-order valence-corrected chi connectivity index (χ0v) is 9.25. The van der Waals surface area contributed by atoms with E-state index in [1.165, 1.54) is 7.11 Å². The van der Waals surface area contributed by atoms with Gasteiger partial charge in [0.15, 0.2) is 0 Å². The zero-order valence-electron chi connectivity index (χ0n) is 9.25. The molecule has 1 saturated heterocycles. The summed E-state index contributed by atoms with van der Waals surface area (Å²) in [7, 11) is 1.49. The lowest BCUT2D eigenvalue weighted by Gasteiger charge is -2.17. The lowest BCUT2D eigenvalue weighted by Crippen LogP contribution is -2.18. The molecular weight excluding hydrogens is 224 g/mol.